The molecule has 0 aliphatic carbocycles. The molecule has 0 saturated heterocycles. The summed E-state index contributed by atoms with van der Waals surface area (Å²) < 4.78 is 0. The predicted octanol–water partition coefficient (Wildman–Crippen LogP) is 3.17. The number of carbonyl (C=O) groups excluding carboxylic acids is 1. The summed E-state index contributed by atoms with van der Waals surface area (Å²) in [6, 6.07) is 17.0. The molecule has 1 amide bonds. The number of benzene rings is 2. The average molecular weight is 263 g/mol. The van der Waals surface area contributed by atoms with Gasteiger partial charge in [0.05, 0.1) is 6.04 Å². The van der Waals surface area contributed by atoms with Crippen molar-refractivity contribution in [3.63, 3.8) is 0 Å². The second-order valence-corrected chi connectivity index (χ2v) is 4.70. The zero-order chi connectivity index (χ0) is 14.4. The minimum absolute atomic E-state index is 0.100. The van der Waals surface area contributed by atoms with Gasteiger partial charge in [0, 0.05) is 11.1 Å². The molecule has 0 fully saturated rings. The molecule has 0 radical (unpaired) electrons. The second kappa shape index (κ2) is 6.58. The van der Waals surface area contributed by atoms with Crippen LogP contribution in [0.25, 0.3) is 0 Å². The van der Waals surface area contributed by atoms with Crippen LogP contribution in [0, 0.1) is 18.8 Å². The zero-order valence-corrected chi connectivity index (χ0v) is 11.7. The predicted molar refractivity (Wildman–Crippen MR) is 81.4 cm³/mol. The van der Waals surface area contributed by atoms with Crippen molar-refractivity contribution in [1.82, 2.24) is 5.32 Å². The van der Waals surface area contributed by atoms with E-state index in [1.165, 1.54) is 5.56 Å². The van der Waals surface area contributed by atoms with Crippen molar-refractivity contribution in [1.29, 1.82) is 0 Å². The molecule has 20 heavy (non-hydrogen) atoms. The maximum atomic E-state index is 11.9. The zero-order valence-electron chi connectivity index (χ0n) is 11.7. The third kappa shape index (κ3) is 4.00. The quantitative estimate of drug-likeness (QED) is 0.828. The molecule has 2 rings (SSSR count). The number of rotatable bonds is 2. The number of hydrogen-bond acceptors (Lipinski definition) is 1. The highest BCUT2D eigenvalue weighted by atomic mass is 16.1. The molecule has 2 heteroatoms. The summed E-state index contributed by atoms with van der Waals surface area (Å²) in [6.45, 7) is 3.91. The van der Waals surface area contributed by atoms with Gasteiger partial charge in [-0.3, -0.25) is 4.79 Å². The van der Waals surface area contributed by atoms with E-state index in [2.05, 4.69) is 17.2 Å². The highest BCUT2D eigenvalue weighted by Crippen LogP contribution is 2.02. The van der Waals surface area contributed by atoms with Crippen LogP contribution >= 0.6 is 0 Å². The lowest BCUT2D eigenvalue weighted by molar-refractivity contribution is 0.0948. The van der Waals surface area contributed by atoms with E-state index >= 15 is 0 Å². The molecule has 100 valence electrons. The van der Waals surface area contributed by atoms with E-state index in [1.54, 1.807) is 12.1 Å². The summed E-state index contributed by atoms with van der Waals surface area (Å²) in [5, 5.41) is 2.87. The Labute approximate surface area is 119 Å². The van der Waals surface area contributed by atoms with Gasteiger partial charge in [-0.2, -0.15) is 0 Å². The molecule has 0 bridgehead atoms. The molecule has 2 aromatic carbocycles. The first-order valence-electron chi connectivity index (χ1n) is 6.59. The van der Waals surface area contributed by atoms with Crippen LogP contribution in [0.4, 0.5) is 0 Å². The van der Waals surface area contributed by atoms with Gasteiger partial charge in [-0.05, 0) is 43.7 Å². The van der Waals surface area contributed by atoms with Crippen LogP contribution in [-0.4, -0.2) is 11.9 Å². The van der Waals surface area contributed by atoms with Gasteiger partial charge in [-0.15, -0.1) is 0 Å². The fourth-order valence-corrected chi connectivity index (χ4v) is 1.82. The largest absolute Gasteiger partial charge is 0.339 e. The summed E-state index contributed by atoms with van der Waals surface area (Å²) in [4.78, 5) is 11.9. The third-order valence-corrected chi connectivity index (χ3v) is 2.83. The maximum absolute atomic E-state index is 11.9. The molecular weight excluding hydrogens is 246 g/mol. The van der Waals surface area contributed by atoms with E-state index in [0.717, 1.165) is 5.56 Å². The Bertz CT molecular complexity index is 650. The van der Waals surface area contributed by atoms with E-state index in [9.17, 15) is 4.79 Å². The van der Waals surface area contributed by atoms with Gasteiger partial charge < -0.3 is 5.32 Å². The summed E-state index contributed by atoms with van der Waals surface area (Å²) >= 11 is 0. The van der Waals surface area contributed by atoms with Crippen LogP contribution in [0.1, 0.15) is 28.4 Å². The molecule has 0 aliphatic heterocycles. The van der Waals surface area contributed by atoms with Crippen LogP contribution in [0.3, 0.4) is 0 Å². The highest BCUT2D eigenvalue weighted by Gasteiger charge is 2.06. The van der Waals surface area contributed by atoms with Crippen molar-refractivity contribution >= 4 is 5.91 Å². The van der Waals surface area contributed by atoms with Crippen molar-refractivity contribution in [3.05, 3.63) is 71.3 Å². The van der Waals surface area contributed by atoms with Gasteiger partial charge in [-0.1, -0.05) is 42.2 Å². The van der Waals surface area contributed by atoms with E-state index in [0.29, 0.717) is 5.56 Å². The molecule has 1 atom stereocenters. The smallest absolute Gasteiger partial charge is 0.252 e. The van der Waals surface area contributed by atoms with Crippen LogP contribution in [0.2, 0.25) is 0 Å². The van der Waals surface area contributed by atoms with E-state index in [1.807, 2.05) is 56.3 Å². The fourth-order valence-electron chi connectivity index (χ4n) is 1.82. The van der Waals surface area contributed by atoms with E-state index in [4.69, 9.17) is 0 Å². The Balaban J connectivity index is 2.00. The minimum Gasteiger partial charge on any atom is -0.339 e. The van der Waals surface area contributed by atoms with Crippen molar-refractivity contribution in [2.45, 2.75) is 19.9 Å². The third-order valence-electron chi connectivity index (χ3n) is 2.83. The lowest BCUT2D eigenvalue weighted by Gasteiger charge is -2.07. The van der Waals surface area contributed by atoms with Crippen molar-refractivity contribution in [2.24, 2.45) is 0 Å². The molecule has 0 heterocycles. The molecule has 2 aromatic rings. The van der Waals surface area contributed by atoms with Gasteiger partial charge in [0.15, 0.2) is 0 Å². The summed E-state index contributed by atoms with van der Waals surface area (Å²) in [7, 11) is 0. The van der Waals surface area contributed by atoms with Crippen LogP contribution in [0.5, 0.6) is 0 Å². The lowest BCUT2D eigenvalue weighted by atomic mass is 10.1. The van der Waals surface area contributed by atoms with E-state index < -0.39 is 0 Å². The molecule has 1 N–H and O–H groups in total. The van der Waals surface area contributed by atoms with Crippen molar-refractivity contribution < 1.29 is 4.79 Å². The summed E-state index contributed by atoms with van der Waals surface area (Å²) in [5.41, 5.74) is 2.79. The fraction of sp³-hybridized carbons (Fsp3) is 0.167. The number of hydrogen-bond donors (Lipinski definition) is 1. The Hall–Kier alpha value is -2.53. The first-order chi connectivity index (χ1) is 9.65. The number of amides is 1. The van der Waals surface area contributed by atoms with Gasteiger partial charge >= 0.3 is 0 Å². The molecule has 2 nitrogen and oxygen atoms in total. The SMILES string of the molecule is Cc1cccc(C#C[C@@H](C)NC(=O)c2ccccc2)c1. The first-order valence-corrected chi connectivity index (χ1v) is 6.59. The standard InChI is InChI=1S/C18H17NO/c1-14-7-6-8-16(13-14)12-11-15(2)19-18(20)17-9-4-3-5-10-17/h3-10,13,15H,1-2H3,(H,19,20)/t15-/m1/s1. The maximum Gasteiger partial charge on any atom is 0.252 e. The summed E-state index contributed by atoms with van der Waals surface area (Å²) in [5.74, 6) is 6.02. The molecule has 0 aliphatic rings. The second-order valence-electron chi connectivity index (χ2n) is 4.70. The van der Waals surface area contributed by atoms with Crippen molar-refractivity contribution in [2.75, 3.05) is 0 Å². The Morgan fingerprint density at radius 2 is 1.85 bits per heavy atom. The van der Waals surface area contributed by atoms with Crippen LogP contribution < -0.4 is 5.32 Å². The molecular formula is C18H17NO. The van der Waals surface area contributed by atoms with Gasteiger partial charge in [0.25, 0.3) is 5.91 Å². The topological polar surface area (TPSA) is 29.1 Å². The Kier molecular flexibility index (Phi) is 4.57. The monoisotopic (exact) mass is 263 g/mol. The minimum atomic E-state index is -0.191. The molecule has 0 unspecified atom stereocenters. The average Bonchev–Trinajstić information content (AvgIpc) is 2.46. The first kappa shape index (κ1) is 13.9. The molecule has 0 aromatic heterocycles. The van der Waals surface area contributed by atoms with Gasteiger partial charge in [0.1, 0.15) is 0 Å². The number of nitrogens with one attached hydrogen (secondary N) is 1. The normalized spacial score (nSPS) is 11.1. The van der Waals surface area contributed by atoms with Crippen molar-refractivity contribution in [3.8, 4) is 11.8 Å². The summed E-state index contributed by atoms with van der Waals surface area (Å²) in [6.07, 6.45) is 0. The number of aryl methyl sites for hydroxylation is 1. The number of carbonyl (C=O) groups is 1. The van der Waals surface area contributed by atoms with E-state index in [-0.39, 0.29) is 11.9 Å². The van der Waals surface area contributed by atoms with Crippen LogP contribution in [-0.2, 0) is 0 Å². The Morgan fingerprint density at radius 1 is 1.10 bits per heavy atom. The Morgan fingerprint density at radius 3 is 2.55 bits per heavy atom. The molecule has 0 spiro atoms. The van der Waals surface area contributed by atoms with Gasteiger partial charge in [-0.25, -0.2) is 0 Å². The highest BCUT2D eigenvalue weighted by molar-refractivity contribution is 5.94. The molecule has 0 saturated carbocycles. The van der Waals surface area contributed by atoms with Crippen LogP contribution in [0.15, 0.2) is 54.6 Å². The lowest BCUT2D eigenvalue weighted by Crippen LogP contribution is -2.31. The van der Waals surface area contributed by atoms with Gasteiger partial charge in [0.2, 0.25) is 0 Å².